The number of benzene rings is 2. The van der Waals surface area contributed by atoms with E-state index in [0.29, 0.717) is 0 Å². The molecule has 3 rings (SSSR count). The molecule has 140 valence electrons. The molecule has 1 aliphatic rings. The molecule has 0 atom stereocenters. The molecule has 27 heavy (non-hydrogen) atoms. The van der Waals surface area contributed by atoms with Crippen LogP contribution in [0.2, 0.25) is 10.0 Å². The molecule has 0 spiro atoms. The lowest BCUT2D eigenvalue weighted by Gasteiger charge is -2.26. The molecule has 0 unspecified atom stereocenters. The summed E-state index contributed by atoms with van der Waals surface area (Å²) in [5, 5.41) is 11.7. The number of halogens is 2. The van der Waals surface area contributed by atoms with Crippen LogP contribution in [0.4, 0.5) is 0 Å². The summed E-state index contributed by atoms with van der Waals surface area (Å²) >= 11 is 11.9. The Hall–Kier alpha value is -2.31. The van der Waals surface area contributed by atoms with Gasteiger partial charge in [0.05, 0.1) is 20.9 Å². The molecule has 0 aliphatic carbocycles. The number of hydrogen-bond acceptors (Lipinski definition) is 5. The number of sulfonamides is 1. The Morgan fingerprint density at radius 1 is 1.30 bits per heavy atom. The topological polar surface area (TPSA) is 99.5 Å². The summed E-state index contributed by atoms with van der Waals surface area (Å²) in [5.74, 6) is -0.637. The van der Waals surface area contributed by atoms with Crippen LogP contribution in [0.15, 0.2) is 41.2 Å². The van der Waals surface area contributed by atoms with Gasteiger partial charge in [-0.1, -0.05) is 23.2 Å². The highest BCUT2D eigenvalue weighted by Crippen LogP contribution is 2.34. The van der Waals surface area contributed by atoms with Crippen LogP contribution in [0.3, 0.4) is 0 Å². The fourth-order valence-electron chi connectivity index (χ4n) is 2.43. The average Bonchev–Trinajstić information content (AvgIpc) is 2.66. The maximum Gasteiger partial charge on any atom is 0.247 e. The van der Waals surface area contributed by atoms with Crippen molar-refractivity contribution in [2.24, 2.45) is 0 Å². The number of ether oxygens (including phenoxy) is 1. The van der Waals surface area contributed by atoms with E-state index in [1.807, 2.05) is 0 Å². The molecular formula is C17H13Cl2N3O4S. The van der Waals surface area contributed by atoms with Crippen LogP contribution in [0, 0.1) is 11.3 Å². The van der Waals surface area contributed by atoms with Crippen LogP contribution >= 0.6 is 23.2 Å². The van der Waals surface area contributed by atoms with Gasteiger partial charge in [-0.15, -0.1) is 0 Å². The first-order valence-corrected chi connectivity index (χ1v) is 9.78. The lowest BCUT2D eigenvalue weighted by Crippen LogP contribution is -2.49. The Labute approximate surface area is 168 Å². The van der Waals surface area contributed by atoms with E-state index >= 15 is 0 Å². The summed E-state index contributed by atoms with van der Waals surface area (Å²) in [6, 6.07) is 6.08. The van der Waals surface area contributed by atoms with Crippen molar-refractivity contribution in [1.82, 2.24) is 9.62 Å². The van der Waals surface area contributed by atoms with E-state index in [4.69, 9.17) is 30.7 Å². The SMILES string of the molecule is [2H]c1cc(Oc2cc(Cl)c([2H])c(Cl)c2)c(S(=O)(=O)N2CCNC(=O)C2)cc1C#N. The largest absolute Gasteiger partial charge is 0.456 e. The molecule has 7 nitrogen and oxygen atoms in total. The van der Waals surface area contributed by atoms with E-state index in [0.717, 1.165) is 16.4 Å². The van der Waals surface area contributed by atoms with Crippen LogP contribution in [-0.4, -0.2) is 38.3 Å². The molecule has 1 heterocycles. The Balaban J connectivity index is 2.11. The summed E-state index contributed by atoms with van der Waals surface area (Å²) in [6.45, 7) is -0.188. The van der Waals surface area contributed by atoms with Crippen LogP contribution in [0.1, 0.15) is 8.30 Å². The first kappa shape index (κ1) is 16.8. The number of amides is 1. The highest BCUT2D eigenvalue weighted by Gasteiger charge is 2.32. The van der Waals surface area contributed by atoms with Crippen molar-refractivity contribution in [3.63, 3.8) is 0 Å². The summed E-state index contributed by atoms with van der Waals surface area (Å²) in [5.41, 5.74) is -0.171. The predicted molar refractivity (Wildman–Crippen MR) is 99.5 cm³/mol. The molecule has 1 amide bonds. The predicted octanol–water partition coefficient (Wildman–Crippen LogP) is 2.78. The van der Waals surface area contributed by atoms with Gasteiger partial charge >= 0.3 is 0 Å². The molecule has 0 aromatic heterocycles. The van der Waals surface area contributed by atoms with Gasteiger partial charge in [-0.25, -0.2) is 8.42 Å². The first-order chi connectivity index (χ1) is 13.6. The molecule has 1 fully saturated rings. The van der Waals surface area contributed by atoms with Crippen molar-refractivity contribution in [2.45, 2.75) is 4.90 Å². The molecule has 0 bridgehead atoms. The Kier molecular flexibility index (Phi) is 4.83. The number of nitrogens with zero attached hydrogens (tertiary/aromatic N) is 2. The van der Waals surface area contributed by atoms with Gasteiger partial charge in [-0.05, 0) is 36.4 Å². The van der Waals surface area contributed by atoms with Crippen LogP contribution in [0.25, 0.3) is 0 Å². The van der Waals surface area contributed by atoms with E-state index in [2.05, 4.69) is 5.32 Å². The third-order valence-corrected chi connectivity index (χ3v) is 5.90. The van der Waals surface area contributed by atoms with Crippen molar-refractivity contribution >= 4 is 39.1 Å². The zero-order valence-corrected chi connectivity index (χ0v) is 16.0. The summed E-state index contributed by atoms with van der Waals surface area (Å²) in [7, 11) is -4.21. The van der Waals surface area contributed by atoms with Crippen molar-refractivity contribution < 1.29 is 20.7 Å². The zero-order valence-electron chi connectivity index (χ0n) is 15.6. The Morgan fingerprint density at radius 3 is 2.63 bits per heavy atom. The highest BCUT2D eigenvalue weighted by molar-refractivity contribution is 7.89. The van der Waals surface area contributed by atoms with Crippen molar-refractivity contribution in [3.8, 4) is 17.6 Å². The summed E-state index contributed by atoms with van der Waals surface area (Å²) < 4.78 is 48.4. The van der Waals surface area contributed by atoms with E-state index in [1.54, 1.807) is 6.07 Å². The Bertz CT molecular complexity index is 1130. The zero-order chi connectivity index (χ0) is 21.3. The van der Waals surface area contributed by atoms with Gasteiger partial charge in [0.2, 0.25) is 15.9 Å². The monoisotopic (exact) mass is 427 g/mol. The van der Waals surface area contributed by atoms with Gasteiger partial charge in [0.1, 0.15) is 16.4 Å². The number of nitriles is 1. The molecular weight excluding hydrogens is 413 g/mol. The number of carbonyl (C=O) groups excluding carboxylic acids is 1. The van der Waals surface area contributed by atoms with Crippen molar-refractivity contribution in [2.75, 3.05) is 19.6 Å². The maximum absolute atomic E-state index is 13.1. The number of carbonyl (C=O) groups is 1. The van der Waals surface area contributed by atoms with Crippen molar-refractivity contribution in [3.05, 3.63) is 52.0 Å². The molecule has 10 heteroatoms. The van der Waals surface area contributed by atoms with E-state index in [-0.39, 0.29) is 63.7 Å². The Morgan fingerprint density at radius 2 is 2.00 bits per heavy atom. The molecule has 0 radical (unpaired) electrons. The van der Waals surface area contributed by atoms with Gasteiger partial charge in [0, 0.05) is 23.1 Å². The minimum Gasteiger partial charge on any atom is -0.456 e. The summed E-state index contributed by atoms with van der Waals surface area (Å²) in [6.07, 6.45) is 0. The number of piperazine rings is 1. The van der Waals surface area contributed by atoms with E-state index in [1.165, 1.54) is 12.1 Å². The molecule has 0 saturated carbocycles. The van der Waals surface area contributed by atoms with E-state index < -0.39 is 15.9 Å². The second-order valence-electron chi connectivity index (χ2n) is 5.49. The molecule has 2 aromatic rings. The molecule has 2 aromatic carbocycles. The van der Waals surface area contributed by atoms with E-state index in [9.17, 15) is 18.5 Å². The second-order valence-corrected chi connectivity index (χ2v) is 8.21. The van der Waals surface area contributed by atoms with Gasteiger partial charge in [0.25, 0.3) is 0 Å². The van der Waals surface area contributed by atoms with Crippen LogP contribution in [-0.2, 0) is 14.8 Å². The fraction of sp³-hybridized carbons (Fsp3) is 0.176. The molecule has 1 N–H and O–H groups in total. The van der Waals surface area contributed by atoms with Gasteiger partial charge in [-0.2, -0.15) is 9.57 Å². The number of hydrogen-bond donors (Lipinski definition) is 1. The summed E-state index contributed by atoms with van der Waals surface area (Å²) in [4.78, 5) is 11.3. The molecule has 1 aliphatic heterocycles. The van der Waals surface area contributed by atoms with Gasteiger partial charge in [-0.3, -0.25) is 4.79 Å². The highest BCUT2D eigenvalue weighted by atomic mass is 35.5. The number of nitrogens with one attached hydrogen (secondary N) is 1. The number of rotatable bonds is 4. The lowest BCUT2D eigenvalue weighted by atomic mass is 10.2. The standard InChI is InChI=1S/C17H13Cl2N3O4S/c18-12-6-13(19)8-14(7-12)26-15-2-1-11(9-20)5-16(15)27(24,25)22-4-3-21-17(23)10-22/h1-2,5-8H,3-4,10H2,(H,21,23)/i1D,6D. The molecule has 1 saturated heterocycles. The first-order valence-electron chi connectivity index (χ1n) is 8.58. The van der Waals surface area contributed by atoms with Gasteiger partial charge in [0.15, 0.2) is 0 Å². The quantitative estimate of drug-likeness (QED) is 0.808. The van der Waals surface area contributed by atoms with Crippen LogP contribution < -0.4 is 10.1 Å². The fourth-order valence-corrected chi connectivity index (χ4v) is 4.41. The minimum absolute atomic E-state index is 0.00986. The smallest absolute Gasteiger partial charge is 0.247 e. The lowest BCUT2D eigenvalue weighted by molar-refractivity contribution is -0.122. The minimum atomic E-state index is -4.21. The van der Waals surface area contributed by atoms with Crippen molar-refractivity contribution in [1.29, 1.82) is 5.26 Å². The van der Waals surface area contributed by atoms with Gasteiger partial charge < -0.3 is 10.1 Å². The normalized spacial score (nSPS) is 16.1. The second kappa shape index (κ2) is 7.74. The third kappa shape index (κ3) is 4.34. The van der Waals surface area contributed by atoms with Crippen LogP contribution in [0.5, 0.6) is 11.5 Å². The third-order valence-electron chi connectivity index (χ3n) is 3.62. The average molecular weight is 428 g/mol. The maximum atomic E-state index is 13.1.